The first-order valence-corrected chi connectivity index (χ1v) is 6.40. The van der Waals surface area contributed by atoms with Gasteiger partial charge in [0.15, 0.2) is 11.5 Å². The van der Waals surface area contributed by atoms with Crippen LogP contribution in [0.4, 0.5) is 0 Å². The lowest BCUT2D eigenvalue weighted by Gasteiger charge is -2.14. The molecule has 0 aliphatic carbocycles. The van der Waals surface area contributed by atoms with Crippen LogP contribution in [-0.4, -0.2) is 20.8 Å². The number of hydrogen-bond donors (Lipinski definition) is 0. The third-order valence-electron chi connectivity index (χ3n) is 2.09. The van der Waals surface area contributed by atoms with Crippen LogP contribution in [-0.2, 0) is 11.3 Å². The van der Waals surface area contributed by atoms with E-state index in [4.69, 9.17) is 14.2 Å². The van der Waals surface area contributed by atoms with Crippen molar-refractivity contribution in [3.05, 3.63) is 20.6 Å². The van der Waals surface area contributed by atoms with E-state index >= 15 is 0 Å². The number of hydrogen-bond acceptors (Lipinski definition) is 3. The van der Waals surface area contributed by atoms with Gasteiger partial charge in [-0.15, -0.1) is 0 Å². The van der Waals surface area contributed by atoms with Crippen molar-refractivity contribution in [1.29, 1.82) is 0 Å². The van der Waals surface area contributed by atoms with Crippen LogP contribution >= 0.6 is 31.9 Å². The fourth-order valence-corrected chi connectivity index (χ4v) is 2.32. The third-order valence-corrected chi connectivity index (χ3v) is 4.28. The van der Waals surface area contributed by atoms with Crippen molar-refractivity contribution in [1.82, 2.24) is 0 Å². The Kier molecular flexibility index (Phi) is 5.58. The molecule has 0 bridgehead atoms. The molecule has 0 heterocycles. The first-order valence-electron chi connectivity index (χ1n) is 4.82. The zero-order chi connectivity index (χ0) is 12.1. The molecule has 0 amide bonds. The molecule has 0 N–H and O–H groups in total. The van der Waals surface area contributed by atoms with Crippen LogP contribution in [0.5, 0.6) is 11.5 Å². The third kappa shape index (κ3) is 2.90. The van der Waals surface area contributed by atoms with Gasteiger partial charge in [0.05, 0.1) is 25.3 Å². The second kappa shape index (κ2) is 6.47. The van der Waals surface area contributed by atoms with Crippen molar-refractivity contribution < 1.29 is 14.2 Å². The van der Waals surface area contributed by atoms with Crippen molar-refractivity contribution >= 4 is 31.9 Å². The van der Waals surface area contributed by atoms with Gasteiger partial charge in [-0.25, -0.2) is 0 Å². The second-order valence-corrected chi connectivity index (χ2v) is 4.62. The largest absolute Gasteiger partial charge is 0.493 e. The number of ether oxygens (including phenoxy) is 3. The maximum absolute atomic E-state index is 5.38. The number of methoxy groups -OCH3 is 2. The Hall–Kier alpha value is -0.260. The van der Waals surface area contributed by atoms with Gasteiger partial charge >= 0.3 is 0 Å². The molecule has 1 rings (SSSR count). The molecule has 0 fully saturated rings. The summed E-state index contributed by atoms with van der Waals surface area (Å²) in [4.78, 5) is 0. The smallest absolute Gasteiger partial charge is 0.176 e. The topological polar surface area (TPSA) is 27.7 Å². The van der Waals surface area contributed by atoms with Gasteiger partial charge < -0.3 is 14.2 Å². The molecule has 1 aromatic rings. The molecule has 5 heteroatoms. The molecular weight excluding hydrogens is 340 g/mol. The van der Waals surface area contributed by atoms with Crippen LogP contribution in [0.15, 0.2) is 15.0 Å². The van der Waals surface area contributed by atoms with Crippen LogP contribution in [0.3, 0.4) is 0 Å². The van der Waals surface area contributed by atoms with Crippen LogP contribution in [0.25, 0.3) is 0 Å². The van der Waals surface area contributed by atoms with E-state index in [-0.39, 0.29) is 0 Å². The lowest BCUT2D eigenvalue weighted by molar-refractivity contribution is 0.133. The number of halogens is 2. The van der Waals surface area contributed by atoms with Gasteiger partial charge in [-0.05, 0) is 50.4 Å². The van der Waals surface area contributed by atoms with E-state index in [1.807, 2.05) is 13.0 Å². The molecule has 16 heavy (non-hydrogen) atoms. The van der Waals surface area contributed by atoms with E-state index < -0.39 is 0 Å². The van der Waals surface area contributed by atoms with E-state index in [9.17, 15) is 0 Å². The van der Waals surface area contributed by atoms with E-state index in [0.29, 0.717) is 24.7 Å². The van der Waals surface area contributed by atoms with Crippen molar-refractivity contribution in [3.8, 4) is 11.5 Å². The average Bonchev–Trinajstić information content (AvgIpc) is 2.30. The summed E-state index contributed by atoms with van der Waals surface area (Å²) in [5.74, 6) is 1.36. The predicted molar refractivity (Wildman–Crippen MR) is 70.3 cm³/mol. The van der Waals surface area contributed by atoms with Gasteiger partial charge in [-0.1, -0.05) is 0 Å². The summed E-state index contributed by atoms with van der Waals surface area (Å²) in [6.45, 7) is 3.18. The summed E-state index contributed by atoms with van der Waals surface area (Å²) >= 11 is 6.97. The Morgan fingerprint density at radius 3 is 2.31 bits per heavy atom. The summed E-state index contributed by atoms with van der Waals surface area (Å²) in [6, 6.07) is 1.91. The Balaban J connectivity index is 3.16. The molecular formula is C11H14Br2O3. The van der Waals surface area contributed by atoms with Crippen molar-refractivity contribution in [3.63, 3.8) is 0 Å². The average molecular weight is 354 g/mol. The molecule has 0 atom stereocenters. The first-order chi connectivity index (χ1) is 7.65. The standard InChI is InChI=1S/C11H14Br2O3/c1-4-16-6-7-5-8(14-2)11(15-3)10(13)9(7)12/h5H,4,6H2,1-3H3. The van der Waals surface area contributed by atoms with Crippen LogP contribution < -0.4 is 9.47 Å². The normalized spacial score (nSPS) is 10.3. The molecule has 90 valence electrons. The minimum atomic E-state index is 0.538. The van der Waals surface area contributed by atoms with Crippen LogP contribution in [0, 0.1) is 0 Å². The summed E-state index contributed by atoms with van der Waals surface area (Å²) < 4.78 is 17.7. The van der Waals surface area contributed by atoms with Gasteiger partial charge in [0.1, 0.15) is 0 Å². The van der Waals surface area contributed by atoms with Gasteiger partial charge in [0, 0.05) is 11.1 Å². The zero-order valence-corrected chi connectivity index (χ0v) is 12.6. The van der Waals surface area contributed by atoms with Gasteiger partial charge in [0.25, 0.3) is 0 Å². The Labute approximate surface area is 112 Å². The summed E-state index contributed by atoms with van der Waals surface area (Å²) in [7, 11) is 3.22. The fraction of sp³-hybridized carbons (Fsp3) is 0.455. The lowest BCUT2D eigenvalue weighted by atomic mass is 10.2. The van der Waals surface area contributed by atoms with Crippen molar-refractivity contribution in [2.24, 2.45) is 0 Å². The minimum Gasteiger partial charge on any atom is -0.493 e. The molecule has 0 unspecified atom stereocenters. The van der Waals surface area contributed by atoms with Gasteiger partial charge in [0.2, 0.25) is 0 Å². The van der Waals surface area contributed by atoms with E-state index in [1.165, 1.54) is 0 Å². The lowest BCUT2D eigenvalue weighted by Crippen LogP contribution is -1.98. The molecule has 0 saturated carbocycles. The van der Waals surface area contributed by atoms with Crippen molar-refractivity contribution in [2.45, 2.75) is 13.5 Å². The van der Waals surface area contributed by atoms with Gasteiger partial charge in [-0.3, -0.25) is 0 Å². The maximum Gasteiger partial charge on any atom is 0.176 e. The second-order valence-electron chi connectivity index (χ2n) is 3.04. The first kappa shape index (κ1) is 13.8. The summed E-state index contributed by atoms with van der Waals surface area (Å²) in [5.41, 5.74) is 1.02. The molecule has 0 saturated heterocycles. The summed E-state index contributed by atoms with van der Waals surface area (Å²) in [5, 5.41) is 0. The summed E-state index contributed by atoms with van der Waals surface area (Å²) in [6.07, 6.45) is 0. The highest BCUT2D eigenvalue weighted by atomic mass is 79.9. The van der Waals surface area contributed by atoms with Crippen LogP contribution in [0.2, 0.25) is 0 Å². The molecule has 0 aromatic heterocycles. The zero-order valence-electron chi connectivity index (χ0n) is 9.47. The molecule has 3 nitrogen and oxygen atoms in total. The Morgan fingerprint density at radius 1 is 1.12 bits per heavy atom. The highest BCUT2D eigenvalue weighted by Gasteiger charge is 2.15. The van der Waals surface area contributed by atoms with E-state index in [2.05, 4.69) is 31.9 Å². The maximum atomic E-state index is 5.38. The minimum absolute atomic E-state index is 0.538. The highest BCUT2D eigenvalue weighted by molar-refractivity contribution is 9.13. The molecule has 0 radical (unpaired) electrons. The molecule has 0 aliphatic rings. The number of benzene rings is 1. The fourth-order valence-electron chi connectivity index (χ4n) is 1.29. The Morgan fingerprint density at radius 2 is 1.81 bits per heavy atom. The molecule has 1 aromatic carbocycles. The van der Waals surface area contributed by atoms with E-state index in [0.717, 1.165) is 14.5 Å². The van der Waals surface area contributed by atoms with E-state index in [1.54, 1.807) is 14.2 Å². The quantitative estimate of drug-likeness (QED) is 0.806. The predicted octanol–water partition coefficient (Wildman–Crippen LogP) is 3.77. The molecule has 0 spiro atoms. The molecule has 0 aliphatic heterocycles. The monoisotopic (exact) mass is 352 g/mol. The van der Waals surface area contributed by atoms with Gasteiger partial charge in [-0.2, -0.15) is 0 Å². The SMILES string of the molecule is CCOCc1cc(OC)c(OC)c(Br)c1Br. The highest BCUT2D eigenvalue weighted by Crippen LogP contribution is 2.42. The van der Waals surface area contributed by atoms with Crippen molar-refractivity contribution in [2.75, 3.05) is 20.8 Å². The Bertz CT molecular complexity index is 367. The van der Waals surface area contributed by atoms with Crippen LogP contribution in [0.1, 0.15) is 12.5 Å². The number of rotatable bonds is 5.